The van der Waals surface area contributed by atoms with Gasteiger partial charge in [-0.1, -0.05) is 0 Å². The fourth-order valence-corrected chi connectivity index (χ4v) is 2.60. The molecule has 106 valence electrons. The van der Waals surface area contributed by atoms with E-state index in [4.69, 9.17) is 10.8 Å². The smallest absolute Gasteiger partial charge is 0.335 e. The van der Waals surface area contributed by atoms with Crippen LogP contribution >= 0.6 is 0 Å². The predicted molar refractivity (Wildman–Crippen MR) is 74.6 cm³/mol. The summed E-state index contributed by atoms with van der Waals surface area (Å²) >= 11 is 0. The molecule has 6 nitrogen and oxygen atoms in total. The van der Waals surface area contributed by atoms with Gasteiger partial charge in [0, 0.05) is 12.0 Å². The highest BCUT2D eigenvalue weighted by Crippen LogP contribution is 2.28. The molecule has 1 aromatic heterocycles. The van der Waals surface area contributed by atoms with Crippen molar-refractivity contribution in [1.29, 1.82) is 0 Å². The van der Waals surface area contributed by atoms with Crippen molar-refractivity contribution in [2.24, 2.45) is 5.73 Å². The molecule has 0 atom stereocenters. The number of nitrogens with two attached hydrogens (primary N) is 1. The summed E-state index contributed by atoms with van der Waals surface area (Å²) in [6, 6.07) is 4.76. The normalized spacial score (nSPS) is 11.8. The van der Waals surface area contributed by atoms with Crippen LogP contribution in [0.2, 0.25) is 0 Å². The zero-order chi connectivity index (χ0) is 15.1. The Morgan fingerprint density at radius 2 is 2.05 bits per heavy atom. The van der Waals surface area contributed by atoms with Gasteiger partial charge in [0.25, 0.3) is 0 Å². The number of aromatic nitrogens is 2. The summed E-state index contributed by atoms with van der Waals surface area (Å²) in [7, 11) is 0. The summed E-state index contributed by atoms with van der Waals surface area (Å²) in [4.78, 5) is 26.7. The molecule has 1 aromatic carbocycles. The number of amides is 1. The summed E-state index contributed by atoms with van der Waals surface area (Å²) in [6.07, 6.45) is 0.149. The van der Waals surface area contributed by atoms with Crippen molar-refractivity contribution in [1.82, 2.24) is 9.55 Å². The fraction of sp³-hybridized carbons (Fsp3) is 0.357. The summed E-state index contributed by atoms with van der Waals surface area (Å²) in [5, 5.41) is 9.09. The molecule has 0 saturated heterocycles. The Labute approximate surface area is 116 Å². The van der Waals surface area contributed by atoms with E-state index in [9.17, 15) is 9.59 Å². The Morgan fingerprint density at radius 3 is 2.60 bits per heavy atom. The molecule has 0 saturated carbocycles. The number of aryl methyl sites for hydroxylation is 1. The molecule has 1 heterocycles. The van der Waals surface area contributed by atoms with Crippen molar-refractivity contribution in [3.8, 4) is 0 Å². The Morgan fingerprint density at radius 1 is 1.40 bits per heavy atom. The third kappa shape index (κ3) is 2.36. The number of carboxylic acids is 1. The predicted octanol–water partition coefficient (Wildman–Crippen LogP) is 1.65. The first-order valence-corrected chi connectivity index (χ1v) is 6.23. The van der Waals surface area contributed by atoms with Gasteiger partial charge in [0.15, 0.2) is 0 Å². The van der Waals surface area contributed by atoms with Gasteiger partial charge in [-0.2, -0.15) is 0 Å². The molecule has 0 radical (unpaired) electrons. The lowest BCUT2D eigenvalue weighted by atomic mass is 9.99. The molecule has 2 aromatic rings. The molecule has 2 rings (SSSR count). The van der Waals surface area contributed by atoms with Crippen molar-refractivity contribution >= 4 is 22.9 Å². The number of fused-ring (bicyclic) bond motifs is 1. The van der Waals surface area contributed by atoms with Crippen LogP contribution in [0.5, 0.6) is 0 Å². The third-order valence-corrected chi connectivity index (χ3v) is 3.28. The maximum atomic E-state index is 11.2. The quantitative estimate of drug-likeness (QED) is 0.886. The van der Waals surface area contributed by atoms with Crippen LogP contribution in [0, 0.1) is 6.92 Å². The minimum absolute atomic E-state index is 0.149. The van der Waals surface area contributed by atoms with Gasteiger partial charge in [-0.3, -0.25) is 4.79 Å². The largest absolute Gasteiger partial charge is 0.478 e. The summed E-state index contributed by atoms with van der Waals surface area (Å²) in [6.45, 7) is 5.57. The number of nitrogens with zero attached hydrogens (tertiary/aromatic N) is 2. The van der Waals surface area contributed by atoms with Gasteiger partial charge in [0.05, 0.1) is 16.6 Å². The maximum Gasteiger partial charge on any atom is 0.335 e. The van der Waals surface area contributed by atoms with Gasteiger partial charge < -0.3 is 15.4 Å². The zero-order valence-electron chi connectivity index (χ0n) is 11.7. The second kappa shape index (κ2) is 4.63. The Balaban J connectivity index is 2.68. The molecular formula is C14H17N3O3. The van der Waals surface area contributed by atoms with Gasteiger partial charge in [-0.15, -0.1) is 0 Å². The van der Waals surface area contributed by atoms with Crippen LogP contribution in [0.25, 0.3) is 11.0 Å². The van der Waals surface area contributed by atoms with Crippen molar-refractivity contribution in [3.63, 3.8) is 0 Å². The third-order valence-electron chi connectivity index (χ3n) is 3.28. The molecule has 0 bridgehead atoms. The number of primary amides is 1. The molecular weight excluding hydrogens is 258 g/mol. The molecule has 3 N–H and O–H groups in total. The fourth-order valence-electron chi connectivity index (χ4n) is 2.60. The monoisotopic (exact) mass is 275 g/mol. The van der Waals surface area contributed by atoms with Crippen LogP contribution in [0.15, 0.2) is 18.2 Å². The van der Waals surface area contributed by atoms with Crippen molar-refractivity contribution in [3.05, 3.63) is 29.6 Å². The van der Waals surface area contributed by atoms with Crippen molar-refractivity contribution < 1.29 is 14.7 Å². The van der Waals surface area contributed by atoms with E-state index < -0.39 is 17.4 Å². The van der Waals surface area contributed by atoms with E-state index in [2.05, 4.69) is 4.98 Å². The molecule has 0 fully saturated rings. The lowest BCUT2D eigenvalue weighted by molar-refractivity contribution is -0.119. The standard InChI is InChI=1S/C14H17N3O3/c1-8-16-10-5-4-9(13(19)20)6-11(10)17(8)14(2,3)7-12(15)18/h4-6H,7H2,1-3H3,(H2,15,18)(H,19,20). The number of carboxylic acid groups (broad SMARTS) is 1. The number of aromatic carboxylic acids is 1. The molecule has 6 heteroatoms. The van der Waals surface area contributed by atoms with E-state index in [0.29, 0.717) is 16.9 Å². The Kier molecular flexibility index (Phi) is 3.25. The average molecular weight is 275 g/mol. The summed E-state index contributed by atoms with van der Waals surface area (Å²) in [5.74, 6) is -0.690. The van der Waals surface area contributed by atoms with E-state index in [1.54, 1.807) is 12.1 Å². The van der Waals surface area contributed by atoms with Crippen molar-refractivity contribution in [2.45, 2.75) is 32.7 Å². The van der Waals surface area contributed by atoms with E-state index >= 15 is 0 Å². The number of hydrogen-bond donors (Lipinski definition) is 2. The van der Waals surface area contributed by atoms with Gasteiger partial charge in [0.1, 0.15) is 5.82 Å². The van der Waals surface area contributed by atoms with Gasteiger partial charge in [0.2, 0.25) is 5.91 Å². The van der Waals surface area contributed by atoms with E-state index in [1.165, 1.54) is 6.07 Å². The minimum Gasteiger partial charge on any atom is -0.478 e. The number of rotatable bonds is 4. The zero-order valence-corrected chi connectivity index (χ0v) is 11.7. The number of hydrogen-bond acceptors (Lipinski definition) is 3. The number of imidazole rings is 1. The van der Waals surface area contributed by atoms with E-state index in [1.807, 2.05) is 25.3 Å². The summed E-state index contributed by atoms with van der Waals surface area (Å²) < 4.78 is 1.86. The lowest BCUT2D eigenvalue weighted by Crippen LogP contribution is -2.32. The highest BCUT2D eigenvalue weighted by atomic mass is 16.4. The van der Waals surface area contributed by atoms with Crippen LogP contribution < -0.4 is 5.73 Å². The van der Waals surface area contributed by atoms with Crippen LogP contribution in [0.1, 0.15) is 36.5 Å². The van der Waals surface area contributed by atoms with Crippen LogP contribution in [0.3, 0.4) is 0 Å². The van der Waals surface area contributed by atoms with Gasteiger partial charge >= 0.3 is 5.97 Å². The molecule has 1 amide bonds. The molecule has 0 aliphatic heterocycles. The van der Waals surface area contributed by atoms with Crippen molar-refractivity contribution in [2.75, 3.05) is 0 Å². The number of carbonyl (C=O) groups is 2. The Hall–Kier alpha value is -2.37. The first kappa shape index (κ1) is 14.0. The lowest BCUT2D eigenvalue weighted by Gasteiger charge is -2.27. The molecule has 20 heavy (non-hydrogen) atoms. The van der Waals surface area contributed by atoms with Gasteiger partial charge in [-0.05, 0) is 39.0 Å². The van der Waals surface area contributed by atoms with Crippen LogP contribution in [-0.2, 0) is 10.3 Å². The molecule has 0 aliphatic carbocycles. The Bertz CT molecular complexity index is 701. The van der Waals surface area contributed by atoms with E-state index in [0.717, 1.165) is 0 Å². The van der Waals surface area contributed by atoms with Gasteiger partial charge in [-0.25, -0.2) is 9.78 Å². The highest BCUT2D eigenvalue weighted by molar-refractivity contribution is 5.92. The first-order chi connectivity index (χ1) is 9.22. The van der Waals surface area contributed by atoms with Crippen LogP contribution in [-0.4, -0.2) is 26.5 Å². The highest BCUT2D eigenvalue weighted by Gasteiger charge is 2.27. The maximum absolute atomic E-state index is 11.2. The summed E-state index contributed by atoms with van der Waals surface area (Å²) in [5.41, 5.74) is 6.30. The number of carbonyl (C=O) groups excluding carboxylic acids is 1. The molecule has 0 unspecified atom stereocenters. The minimum atomic E-state index is -0.995. The molecule has 0 spiro atoms. The second-order valence-corrected chi connectivity index (χ2v) is 5.46. The van der Waals surface area contributed by atoms with E-state index in [-0.39, 0.29) is 12.0 Å². The van der Waals surface area contributed by atoms with Crippen LogP contribution in [0.4, 0.5) is 0 Å². The number of benzene rings is 1. The topological polar surface area (TPSA) is 98.2 Å². The molecule has 0 aliphatic rings. The second-order valence-electron chi connectivity index (χ2n) is 5.46. The SMILES string of the molecule is Cc1nc2ccc(C(=O)O)cc2n1C(C)(C)CC(N)=O. The average Bonchev–Trinajstić information content (AvgIpc) is 2.62. The first-order valence-electron chi connectivity index (χ1n) is 6.23.